The van der Waals surface area contributed by atoms with Gasteiger partial charge in [-0.3, -0.25) is 9.59 Å². The highest BCUT2D eigenvalue weighted by atomic mass is 32.2. The first-order chi connectivity index (χ1) is 20.9. The third-order valence-electron chi connectivity index (χ3n) is 7.30. The molecule has 2 aliphatic heterocycles. The van der Waals surface area contributed by atoms with Crippen molar-refractivity contribution in [2.24, 2.45) is 0 Å². The maximum Gasteiger partial charge on any atom is 0.260 e. The van der Waals surface area contributed by atoms with Crippen molar-refractivity contribution in [3.05, 3.63) is 64.9 Å². The maximum absolute atomic E-state index is 13.9. The lowest BCUT2D eigenvalue weighted by molar-refractivity contribution is -0.137. The Balaban J connectivity index is 1.46. The summed E-state index contributed by atoms with van der Waals surface area (Å²) in [5, 5.41) is 11.8. The molecular weight excluding hydrogens is 568 g/mol. The fourth-order valence-corrected chi connectivity index (χ4v) is 5.95. The number of fused-ring (bicyclic) bond motifs is 1. The van der Waals surface area contributed by atoms with E-state index in [1.807, 2.05) is 50.2 Å². The molecule has 1 atom stereocenters. The number of hydrogen-bond acceptors (Lipinski definition) is 9. The van der Waals surface area contributed by atoms with Gasteiger partial charge in [-0.2, -0.15) is 4.98 Å². The van der Waals surface area contributed by atoms with Crippen molar-refractivity contribution in [2.75, 3.05) is 56.4 Å². The van der Waals surface area contributed by atoms with E-state index in [-0.39, 0.29) is 18.4 Å². The number of aryl methyl sites for hydroxylation is 1. The standard InChI is InChI=1S/C31H38N6O5S/c1-5-6-16-43-31-34-30-32-21(3)27(29(39)33-23-9-7-8-20(2)17-23)28(37(30)35-31)22-10-11-24(25(18-22)40-4)42-19-26(38)36-12-14-41-15-13-36/h7-11,17-18,28H,5-6,12-16,19H2,1-4H3,(H,33,39)(H,32,34,35). The van der Waals surface area contributed by atoms with E-state index in [4.69, 9.17) is 24.3 Å². The van der Waals surface area contributed by atoms with Crippen LogP contribution in [0, 0.1) is 6.92 Å². The van der Waals surface area contributed by atoms with Crippen LogP contribution >= 0.6 is 11.8 Å². The Labute approximate surface area is 256 Å². The summed E-state index contributed by atoms with van der Waals surface area (Å²) in [4.78, 5) is 33.0. The number of hydrogen-bond donors (Lipinski definition) is 2. The number of anilines is 2. The van der Waals surface area contributed by atoms with Crippen LogP contribution in [0.15, 0.2) is 58.9 Å². The third-order valence-corrected chi connectivity index (χ3v) is 8.23. The van der Waals surface area contributed by atoms with Crippen LogP contribution in [0.3, 0.4) is 0 Å². The second-order valence-electron chi connectivity index (χ2n) is 10.4. The normalized spacial score (nSPS) is 16.4. The van der Waals surface area contributed by atoms with E-state index in [0.29, 0.717) is 65.9 Å². The molecule has 3 aromatic rings. The fraction of sp³-hybridized carbons (Fsp3) is 0.419. The maximum atomic E-state index is 13.9. The molecule has 12 heteroatoms. The molecule has 228 valence electrons. The van der Waals surface area contributed by atoms with Crippen LogP contribution in [0.2, 0.25) is 0 Å². The van der Waals surface area contributed by atoms with Crippen LogP contribution in [0.1, 0.15) is 43.9 Å². The van der Waals surface area contributed by atoms with E-state index in [1.165, 1.54) is 0 Å². The van der Waals surface area contributed by atoms with Gasteiger partial charge in [0.15, 0.2) is 18.1 Å². The second-order valence-corrected chi connectivity index (χ2v) is 11.5. The van der Waals surface area contributed by atoms with Crippen LogP contribution in [0.5, 0.6) is 11.5 Å². The van der Waals surface area contributed by atoms with E-state index in [1.54, 1.807) is 34.5 Å². The van der Waals surface area contributed by atoms with Gasteiger partial charge in [-0.25, -0.2) is 4.68 Å². The van der Waals surface area contributed by atoms with Gasteiger partial charge in [-0.05, 0) is 55.7 Å². The van der Waals surface area contributed by atoms with Gasteiger partial charge in [0.05, 0.1) is 25.9 Å². The number of benzene rings is 2. The first kappa shape index (κ1) is 30.4. The molecular formula is C31H38N6O5S. The lowest BCUT2D eigenvalue weighted by atomic mass is 9.94. The smallest absolute Gasteiger partial charge is 0.260 e. The minimum Gasteiger partial charge on any atom is -0.493 e. The number of carbonyl (C=O) groups excluding carboxylic acids is 2. The number of morpholine rings is 1. The zero-order valence-corrected chi connectivity index (χ0v) is 25.8. The zero-order chi connectivity index (χ0) is 30.3. The number of aromatic nitrogens is 3. The van der Waals surface area contributed by atoms with Gasteiger partial charge in [-0.15, -0.1) is 5.10 Å². The van der Waals surface area contributed by atoms with Gasteiger partial charge in [0, 0.05) is 30.2 Å². The molecule has 0 spiro atoms. The van der Waals surface area contributed by atoms with Gasteiger partial charge in [-0.1, -0.05) is 43.3 Å². The summed E-state index contributed by atoms with van der Waals surface area (Å²) in [6, 6.07) is 12.6. The van der Waals surface area contributed by atoms with E-state index in [9.17, 15) is 9.59 Å². The topological polar surface area (TPSA) is 120 Å². The van der Waals surface area contributed by atoms with E-state index < -0.39 is 6.04 Å². The number of thioether (sulfide) groups is 1. The summed E-state index contributed by atoms with van der Waals surface area (Å²) in [5.41, 5.74) is 3.69. The average Bonchev–Trinajstić information content (AvgIpc) is 3.41. The molecule has 2 N–H and O–H groups in total. The van der Waals surface area contributed by atoms with Crippen molar-refractivity contribution in [3.63, 3.8) is 0 Å². The van der Waals surface area contributed by atoms with Gasteiger partial charge < -0.3 is 29.7 Å². The Hall–Kier alpha value is -4.03. The van der Waals surface area contributed by atoms with Crippen LogP contribution < -0.4 is 20.1 Å². The SMILES string of the molecule is CCCCSc1nc2n(n1)C(c1ccc(OCC(=O)N3CCOCC3)c(OC)c1)C(C(=O)Nc1cccc(C)c1)=C(C)N2. The first-order valence-corrected chi connectivity index (χ1v) is 15.5. The van der Waals surface area contributed by atoms with Crippen LogP contribution in [-0.4, -0.2) is 77.3 Å². The molecule has 0 radical (unpaired) electrons. The molecule has 2 aliphatic rings. The molecule has 5 rings (SSSR count). The molecule has 1 aromatic heterocycles. The van der Waals surface area contributed by atoms with E-state index in [2.05, 4.69) is 17.6 Å². The predicted octanol–water partition coefficient (Wildman–Crippen LogP) is 4.65. The van der Waals surface area contributed by atoms with Crippen LogP contribution in [0.4, 0.5) is 11.6 Å². The van der Waals surface area contributed by atoms with Crippen molar-refractivity contribution < 1.29 is 23.8 Å². The van der Waals surface area contributed by atoms with Gasteiger partial charge in [0.1, 0.15) is 6.04 Å². The highest BCUT2D eigenvalue weighted by molar-refractivity contribution is 7.99. The number of nitrogens with one attached hydrogen (secondary N) is 2. The van der Waals surface area contributed by atoms with Gasteiger partial charge in [0.2, 0.25) is 11.1 Å². The predicted molar refractivity (Wildman–Crippen MR) is 166 cm³/mol. The van der Waals surface area contributed by atoms with Crippen molar-refractivity contribution >= 4 is 35.2 Å². The number of unbranched alkanes of at least 4 members (excludes halogenated alkanes) is 1. The van der Waals surface area contributed by atoms with E-state index >= 15 is 0 Å². The number of nitrogens with zero attached hydrogens (tertiary/aromatic N) is 4. The van der Waals surface area contributed by atoms with Crippen LogP contribution in [-0.2, 0) is 14.3 Å². The molecule has 0 saturated carbocycles. The largest absolute Gasteiger partial charge is 0.493 e. The summed E-state index contributed by atoms with van der Waals surface area (Å²) in [6.45, 7) is 8.03. The van der Waals surface area contributed by atoms with Gasteiger partial charge in [0.25, 0.3) is 11.8 Å². The average molecular weight is 607 g/mol. The summed E-state index contributed by atoms with van der Waals surface area (Å²) in [7, 11) is 1.55. The molecule has 1 saturated heterocycles. The number of carbonyl (C=O) groups is 2. The quantitative estimate of drug-likeness (QED) is 0.237. The number of allylic oxidation sites excluding steroid dienone is 1. The molecule has 0 aliphatic carbocycles. The Bertz CT molecular complexity index is 1500. The lowest BCUT2D eigenvalue weighted by Gasteiger charge is -2.29. The number of amides is 2. The molecule has 2 aromatic carbocycles. The lowest BCUT2D eigenvalue weighted by Crippen LogP contribution is -2.43. The molecule has 2 amide bonds. The summed E-state index contributed by atoms with van der Waals surface area (Å²) in [5.74, 6) is 1.98. The molecule has 3 heterocycles. The molecule has 1 unspecified atom stereocenters. The zero-order valence-electron chi connectivity index (χ0n) is 25.0. The highest BCUT2D eigenvalue weighted by Crippen LogP contribution is 2.40. The van der Waals surface area contributed by atoms with Gasteiger partial charge >= 0.3 is 0 Å². The number of rotatable bonds is 11. The molecule has 0 bridgehead atoms. The Morgan fingerprint density at radius 2 is 1.95 bits per heavy atom. The third kappa shape index (κ3) is 7.14. The Kier molecular flexibility index (Phi) is 9.88. The minimum absolute atomic E-state index is 0.109. The first-order valence-electron chi connectivity index (χ1n) is 14.5. The van der Waals surface area contributed by atoms with Crippen molar-refractivity contribution in [1.82, 2.24) is 19.7 Å². The minimum atomic E-state index is -0.591. The Morgan fingerprint density at radius 3 is 2.70 bits per heavy atom. The molecule has 43 heavy (non-hydrogen) atoms. The Morgan fingerprint density at radius 1 is 1.14 bits per heavy atom. The number of methoxy groups -OCH3 is 1. The monoisotopic (exact) mass is 606 g/mol. The van der Waals surface area contributed by atoms with Crippen molar-refractivity contribution in [1.29, 1.82) is 0 Å². The van der Waals surface area contributed by atoms with E-state index in [0.717, 1.165) is 29.7 Å². The van der Waals surface area contributed by atoms with Crippen molar-refractivity contribution in [2.45, 2.75) is 44.8 Å². The summed E-state index contributed by atoms with van der Waals surface area (Å²) in [6.07, 6.45) is 2.14. The fourth-order valence-electron chi connectivity index (χ4n) is 5.04. The summed E-state index contributed by atoms with van der Waals surface area (Å²) >= 11 is 1.59. The molecule has 11 nitrogen and oxygen atoms in total. The van der Waals surface area contributed by atoms with Crippen LogP contribution in [0.25, 0.3) is 0 Å². The number of ether oxygens (including phenoxy) is 3. The molecule has 1 fully saturated rings. The second kappa shape index (κ2) is 14.0. The summed E-state index contributed by atoms with van der Waals surface area (Å²) < 4.78 is 18.7. The highest BCUT2D eigenvalue weighted by Gasteiger charge is 2.35. The van der Waals surface area contributed by atoms with Crippen molar-refractivity contribution in [3.8, 4) is 11.5 Å².